The summed E-state index contributed by atoms with van der Waals surface area (Å²) in [6.45, 7) is 0. The summed E-state index contributed by atoms with van der Waals surface area (Å²) in [7, 11) is 0. The predicted molar refractivity (Wildman–Crippen MR) is 74.9 cm³/mol. The van der Waals surface area contributed by atoms with Crippen molar-refractivity contribution in [3.63, 3.8) is 0 Å². The van der Waals surface area contributed by atoms with Gasteiger partial charge >= 0.3 is 5.97 Å². The third kappa shape index (κ3) is 2.61. The molecule has 106 valence electrons. The lowest BCUT2D eigenvalue weighted by molar-refractivity contribution is -0.143. The van der Waals surface area contributed by atoms with Gasteiger partial charge in [-0.2, -0.15) is 0 Å². The van der Waals surface area contributed by atoms with Crippen molar-refractivity contribution in [3.8, 4) is 5.75 Å². The van der Waals surface area contributed by atoms with E-state index in [9.17, 15) is 9.90 Å². The predicted octanol–water partition coefficient (Wildman–Crippen LogP) is 1.56. The van der Waals surface area contributed by atoms with Crippen molar-refractivity contribution < 1.29 is 15.0 Å². The van der Waals surface area contributed by atoms with Crippen molar-refractivity contribution in [1.82, 2.24) is 5.32 Å². The van der Waals surface area contributed by atoms with Gasteiger partial charge in [0.25, 0.3) is 0 Å². The van der Waals surface area contributed by atoms with Crippen LogP contribution in [0.5, 0.6) is 5.75 Å². The van der Waals surface area contributed by atoms with E-state index in [0.29, 0.717) is 19.3 Å². The maximum absolute atomic E-state index is 11.1. The summed E-state index contributed by atoms with van der Waals surface area (Å²) in [6, 6.07) is 7.49. The van der Waals surface area contributed by atoms with Crippen LogP contribution in [0.1, 0.15) is 24.8 Å². The van der Waals surface area contributed by atoms with Crippen molar-refractivity contribution in [1.29, 1.82) is 0 Å². The summed E-state index contributed by atoms with van der Waals surface area (Å²) in [5.41, 5.74) is 1.00. The first kappa shape index (κ1) is 13.0. The first-order valence-corrected chi connectivity index (χ1v) is 6.96. The molecule has 0 aromatic heterocycles. The van der Waals surface area contributed by atoms with Crippen molar-refractivity contribution >= 4 is 11.8 Å². The molecule has 0 bridgehead atoms. The molecule has 20 heavy (non-hydrogen) atoms. The number of benzene rings is 1. The highest BCUT2D eigenvalue weighted by molar-refractivity contribution is 5.87. The number of carbonyl (C=O) groups is 1. The monoisotopic (exact) mass is 274 g/mol. The molecule has 5 nitrogen and oxygen atoms in total. The maximum Gasteiger partial charge on any atom is 0.306 e. The van der Waals surface area contributed by atoms with Gasteiger partial charge in [0.2, 0.25) is 0 Å². The van der Waals surface area contributed by atoms with Gasteiger partial charge in [0.05, 0.1) is 18.0 Å². The van der Waals surface area contributed by atoms with Gasteiger partial charge < -0.3 is 15.5 Å². The van der Waals surface area contributed by atoms with Gasteiger partial charge in [-0.05, 0) is 37.0 Å². The first-order valence-electron chi connectivity index (χ1n) is 6.96. The Morgan fingerprint density at radius 2 is 2.25 bits per heavy atom. The van der Waals surface area contributed by atoms with Crippen LogP contribution in [0.4, 0.5) is 0 Å². The van der Waals surface area contributed by atoms with Crippen molar-refractivity contribution in [2.75, 3.05) is 0 Å². The number of carboxylic acid groups (broad SMARTS) is 1. The topological polar surface area (TPSA) is 81.9 Å². The molecule has 2 aliphatic rings. The Bertz CT molecular complexity index is 556. The Morgan fingerprint density at radius 1 is 1.40 bits per heavy atom. The minimum Gasteiger partial charge on any atom is -0.508 e. The van der Waals surface area contributed by atoms with Crippen LogP contribution >= 0.6 is 0 Å². The SMILES string of the molecule is O=C(O)C1CCC2N=C(Cc3cccc(O)c3)NC2C1. The molecule has 1 saturated carbocycles. The van der Waals surface area contributed by atoms with Gasteiger partial charge in [-0.1, -0.05) is 12.1 Å². The molecule has 0 spiro atoms. The van der Waals surface area contributed by atoms with Gasteiger partial charge in [-0.25, -0.2) is 0 Å². The first-order chi connectivity index (χ1) is 9.61. The maximum atomic E-state index is 11.1. The van der Waals surface area contributed by atoms with Crippen LogP contribution in [0.2, 0.25) is 0 Å². The lowest BCUT2D eigenvalue weighted by atomic mass is 9.83. The molecule has 1 aromatic carbocycles. The minimum atomic E-state index is -0.702. The molecule has 0 radical (unpaired) electrons. The number of phenols is 1. The Labute approximate surface area is 117 Å². The smallest absolute Gasteiger partial charge is 0.306 e. The number of hydrogen-bond donors (Lipinski definition) is 3. The van der Waals surface area contributed by atoms with E-state index in [1.807, 2.05) is 12.1 Å². The summed E-state index contributed by atoms with van der Waals surface area (Å²) >= 11 is 0. The van der Waals surface area contributed by atoms with Crippen LogP contribution in [0.25, 0.3) is 0 Å². The number of hydrogen-bond acceptors (Lipinski definition) is 4. The van der Waals surface area contributed by atoms with Crippen LogP contribution in [-0.4, -0.2) is 34.1 Å². The molecular weight excluding hydrogens is 256 g/mol. The molecule has 5 heteroatoms. The van der Waals surface area contributed by atoms with Crippen molar-refractivity contribution in [2.24, 2.45) is 10.9 Å². The van der Waals surface area contributed by atoms with Crippen molar-refractivity contribution in [2.45, 2.75) is 37.8 Å². The summed E-state index contributed by atoms with van der Waals surface area (Å²) in [5.74, 6) is 0.201. The van der Waals surface area contributed by atoms with Crippen LogP contribution in [0, 0.1) is 5.92 Å². The van der Waals surface area contributed by atoms with E-state index in [0.717, 1.165) is 17.8 Å². The third-order valence-corrected chi connectivity index (χ3v) is 4.12. The largest absolute Gasteiger partial charge is 0.508 e. The van der Waals surface area contributed by atoms with Gasteiger partial charge in [0.15, 0.2) is 0 Å². The molecule has 1 aliphatic heterocycles. The van der Waals surface area contributed by atoms with Crippen molar-refractivity contribution in [3.05, 3.63) is 29.8 Å². The van der Waals surface area contributed by atoms with E-state index >= 15 is 0 Å². The van der Waals surface area contributed by atoms with Gasteiger partial charge in [-0.3, -0.25) is 9.79 Å². The van der Waals surface area contributed by atoms with E-state index in [1.54, 1.807) is 12.1 Å². The molecule has 3 rings (SSSR count). The van der Waals surface area contributed by atoms with Crippen LogP contribution in [0.15, 0.2) is 29.3 Å². The zero-order chi connectivity index (χ0) is 14.1. The van der Waals surface area contributed by atoms with Crippen LogP contribution in [-0.2, 0) is 11.2 Å². The molecular formula is C15H18N2O3. The van der Waals surface area contributed by atoms with E-state index < -0.39 is 5.97 Å². The molecule has 1 fully saturated rings. The summed E-state index contributed by atoms with van der Waals surface area (Å²) in [6.07, 6.45) is 2.84. The number of carboxylic acids is 1. The average Bonchev–Trinajstić information content (AvgIpc) is 2.79. The Morgan fingerprint density at radius 3 is 3.00 bits per heavy atom. The zero-order valence-electron chi connectivity index (χ0n) is 11.1. The summed E-state index contributed by atoms with van der Waals surface area (Å²) in [4.78, 5) is 15.7. The molecule has 1 heterocycles. The number of rotatable bonds is 3. The van der Waals surface area contributed by atoms with Crippen LogP contribution in [0.3, 0.4) is 0 Å². The van der Waals surface area contributed by atoms with Crippen LogP contribution < -0.4 is 5.32 Å². The van der Waals surface area contributed by atoms with E-state index in [4.69, 9.17) is 5.11 Å². The molecule has 0 amide bonds. The highest BCUT2D eigenvalue weighted by Crippen LogP contribution is 2.30. The fourth-order valence-corrected chi connectivity index (χ4v) is 3.10. The highest BCUT2D eigenvalue weighted by atomic mass is 16.4. The van der Waals surface area contributed by atoms with E-state index in [2.05, 4.69) is 10.3 Å². The third-order valence-electron chi connectivity index (χ3n) is 4.12. The highest BCUT2D eigenvalue weighted by Gasteiger charge is 2.37. The second-order valence-corrected chi connectivity index (χ2v) is 5.59. The standard InChI is InChI=1S/C15H18N2O3/c18-11-3-1-2-9(6-11)7-14-16-12-5-4-10(15(19)20)8-13(12)17-14/h1-3,6,10,12-13,18H,4-5,7-8H2,(H,16,17)(H,19,20). The second kappa shape index (κ2) is 5.15. The molecule has 0 saturated heterocycles. The number of aliphatic imine (C=N–C) groups is 1. The Kier molecular flexibility index (Phi) is 3.34. The molecule has 3 unspecified atom stereocenters. The van der Waals surface area contributed by atoms with E-state index in [1.165, 1.54) is 0 Å². The number of nitrogens with zero attached hydrogens (tertiary/aromatic N) is 1. The Hall–Kier alpha value is -2.04. The molecule has 1 aromatic rings. The number of fused-ring (bicyclic) bond motifs is 1. The van der Waals surface area contributed by atoms with Gasteiger partial charge in [0, 0.05) is 6.42 Å². The average molecular weight is 274 g/mol. The summed E-state index contributed by atoms with van der Waals surface area (Å²) < 4.78 is 0. The van der Waals surface area contributed by atoms with Gasteiger partial charge in [0.1, 0.15) is 11.6 Å². The normalized spacial score (nSPS) is 28.4. The number of aromatic hydroxyl groups is 1. The number of nitrogens with one attached hydrogen (secondary N) is 1. The fourth-order valence-electron chi connectivity index (χ4n) is 3.10. The Balaban J connectivity index is 1.65. The summed E-state index contributed by atoms with van der Waals surface area (Å²) in [5, 5.41) is 21.9. The number of aliphatic carboxylic acids is 1. The lowest BCUT2D eigenvalue weighted by Crippen LogP contribution is -2.41. The number of amidine groups is 1. The van der Waals surface area contributed by atoms with Gasteiger partial charge in [-0.15, -0.1) is 0 Å². The molecule has 3 atom stereocenters. The quantitative estimate of drug-likeness (QED) is 0.781. The zero-order valence-corrected chi connectivity index (χ0v) is 11.1. The molecule has 3 N–H and O–H groups in total. The second-order valence-electron chi connectivity index (χ2n) is 5.59. The lowest BCUT2D eigenvalue weighted by Gasteiger charge is -2.28. The fraction of sp³-hybridized carbons (Fsp3) is 0.467. The molecule has 1 aliphatic carbocycles. The number of phenolic OH excluding ortho intramolecular Hbond substituents is 1. The van der Waals surface area contributed by atoms with E-state index in [-0.39, 0.29) is 23.8 Å². The minimum absolute atomic E-state index is 0.150.